The second-order valence-corrected chi connectivity index (χ2v) is 2.60. The number of aryl methyl sites for hydroxylation is 1. The molecule has 13 heavy (non-hydrogen) atoms. The molecule has 0 saturated carbocycles. The Hall–Kier alpha value is -1.92. The van der Waals surface area contributed by atoms with E-state index in [1.807, 2.05) is 7.05 Å². The van der Waals surface area contributed by atoms with Crippen LogP contribution >= 0.6 is 0 Å². The van der Waals surface area contributed by atoms with Gasteiger partial charge in [-0.3, -0.25) is 4.68 Å². The lowest BCUT2D eigenvalue weighted by Gasteiger charge is -1.98. The molecule has 2 rings (SSSR count). The first-order chi connectivity index (χ1) is 6.25. The Labute approximate surface area is 74.2 Å². The van der Waals surface area contributed by atoms with Crippen molar-refractivity contribution < 1.29 is 0 Å². The number of nitrogen functional groups attached to an aromatic ring is 1. The van der Waals surface area contributed by atoms with Crippen LogP contribution in [0, 0.1) is 0 Å². The third-order valence-electron chi connectivity index (χ3n) is 1.66. The normalized spacial score (nSPS) is 10.5. The van der Waals surface area contributed by atoms with E-state index in [0.29, 0.717) is 6.54 Å². The molecule has 0 bridgehead atoms. The summed E-state index contributed by atoms with van der Waals surface area (Å²) < 4.78 is 3.29. The smallest absolute Gasteiger partial charge is 0.239 e. The zero-order valence-corrected chi connectivity index (χ0v) is 7.12. The maximum absolute atomic E-state index is 5.36. The average molecular weight is 179 g/mol. The van der Waals surface area contributed by atoms with Gasteiger partial charge in [0.25, 0.3) is 0 Å². The van der Waals surface area contributed by atoms with E-state index in [0.717, 1.165) is 5.82 Å². The van der Waals surface area contributed by atoms with E-state index in [-0.39, 0.29) is 5.95 Å². The molecule has 2 N–H and O–H groups in total. The number of rotatable bonds is 2. The van der Waals surface area contributed by atoms with Gasteiger partial charge in [0, 0.05) is 7.05 Å². The Bertz CT molecular complexity index is 401. The molecule has 0 fully saturated rings. The van der Waals surface area contributed by atoms with Crippen LogP contribution in [0.3, 0.4) is 0 Å². The third-order valence-corrected chi connectivity index (χ3v) is 1.66. The molecule has 0 atom stereocenters. The molecule has 2 aromatic heterocycles. The van der Waals surface area contributed by atoms with Crippen LogP contribution in [0.2, 0.25) is 0 Å². The van der Waals surface area contributed by atoms with Gasteiger partial charge in [-0.05, 0) is 0 Å². The van der Waals surface area contributed by atoms with E-state index in [1.165, 1.54) is 6.33 Å². The number of hydrogen-bond acceptors (Lipinski definition) is 5. The molecule has 0 spiro atoms. The zero-order chi connectivity index (χ0) is 9.26. The van der Waals surface area contributed by atoms with Crippen molar-refractivity contribution in [1.29, 1.82) is 0 Å². The quantitative estimate of drug-likeness (QED) is 0.641. The minimum atomic E-state index is 0.266. The maximum atomic E-state index is 5.36. The maximum Gasteiger partial charge on any atom is 0.239 e. The van der Waals surface area contributed by atoms with Crippen molar-refractivity contribution >= 4 is 5.95 Å². The van der Waals surface area contributed by atoms with Crippen molar-refractivity contribution in [2.45, 2.75) is 6.54 Å². The zero-order valence-electron chi connectivity index (χ0n) is 7.12. The largest absolute Gasteiger partial charge is 0.367 e. The Kier molecular flexibility index (Phi) is 1.69. The summed E-state index contributed by atoms with van der Waals surface area (Å²) in [7, 11) is 1.82. The fourth-order valence-corrected chi connectivity index (χ4v) is 0.993. The summed E-state index contributed by atoms with van der Waals surface area (Å²) in [4.78, 5) is 7.84. The first-order valence-electron chi connectivity index (χ1n) is 3.73. The number of hydrogen-bond donors (Lipinski definition) is 1. The predicted octanol–water partition coefficient (Wildman–Crippen LogP) is -0.963. The number of anilines is 1. The fourth-order valence-electron chi connectivity index (χ4n) is 0.993. The highest BCUT2D eigenvalue weighted by atomic mass is 15.4. The highest BCUT2D eigenvalue weighted by Crippen LogP contribution is 1.96. The molecule has 0 aliphatic rings. The van der Waals surface area contributed by atoms with Gasteiger partial charge in [0.1, 0.15) is 25.0 Å². The topological polar surface area (TPSA) is 87.4 Å². The minimum Gasteiger partial charge on any atom is -0.367 e. The molecule has 0 radical (unpaired) electrons. The predicted molar refractivity (Wildman–Crippen MR) is 44.5 cm³/mol. The highest BCUT2D eigenvalue weighted by molar-refractivity contribution is 5.09. The van der Waals surface area contributed by atoms with Gasteiger partial charge in [-0.2, -0.15) is 5.10 Å². The average Bonchev–Trinajstić information content (AvgIpc) is 2.64. The van der Waals surface area contributed by atoms with Crippen LogP contribution < -0.4 is 5.73 Å². The van der Waals surface area contributed by atoms with Crippen LogP contribution in [0.5, 0.6) is 0 Å². The van der Waals surface area contributed by atoms with Gasteiger partial charge in [-0.25, -0.2) is 14.6 Å². The number of nitrogens with two attached hydrogens (primary N) is 1. The van der Waals surface area contributed by atoms with E-state index in [2.05, 4.69) is 20.2 Å². The standard InChI is InChI=1S/C6H9N7/c1-12-5(8-3-10-12)2-13-4-9-6(7)11-13/h3-4H,2H2,1H3,(H2,7,11). The van der Waals surface area contributed by atoms with Gasteiger partial charge in [0.15, 0.2) is 0 Å². The molecule has 0 saturated heterocycles. The van der Waals surface area contributed by atoms with E-state index in [1.54, 1.807) is 15.7 Å². The molecule has 2 aromatic rings. The number of nitrogens with zero attached hydrogens (tertiary/aromatic N) is 6. The van der Waals surface area contributed by atoms with Crippen LogP contribution in [0.1, 0.15) is 5.82 Å². The summed E-state index contributed by atoms with van der Waals surface area (Å²) in [5.41, 5.74) is 5.36. The Balaban J connectivity index is 2.19. The van der Waals surface area contributed by atoms with Crippen LogP contribution in [0.4, 0.5) is 5.95 Å². The second-order valence-electron chi connectivity index (χ2n) is 2.60. The summed E-state index contributed by atoms with van der Waals surface area (Å²) in [6.07, 6.45) is 3.06. The third kappa shape index (κ3) is 1.48. The van der Waals surface area contributed by atoms with Gasteiger partial charge >= 0.3 is 0 Å². The summed E-state index contributed by atoms with van der Waals surface area (Å²) in [5, 5.41) is 7.86. The summed E-state index contributed by atoms with van der Waals surface area (Å²) in [5.74, 6) is 1.08. The Morgan fingerprint density at radius 3 is 2.85 bits per heavy atom. The lowest BCUT2D eigenvalue weighted by Crippen LogP contribution is -2.07. The van der Waals surface area contributed by atoms with Gasteiger partial charge in [0.05, 0.1) is 0 Å². The summed E-state index contributed by atoms with van der Waals surface area (Å²) in [6, 6.07) is 0. The van der Waals surface area contributed by atoms with Crippen LogP contribution in [0.15, 0.2) is 12.7 Å². The SMILES string of the molecule is Cn1ncnc1Cn1cnc(N)n1. The molecule has 0 aromatic carbocycles. The second kappa shape index (κ2) is 2.85. The van der Waals surface area contributed by atoms with Crippen molar-refractivity contribution in [2.24, 2.45) is 7.05 Å². The van der Waals surface area contributed by atoms with Crippen LogP contribution in [0.25, 0.3) is 0 Å². The monoisotopic (exact) mass is 179 g/mol. The molecular weight excluding hydrogens is 170 g/mol. The fraction of sp³-hybridized carbons (Fsp3) is 0.333. The molecule has 2 heterocycles. The van der Waals surface area contributed by atoms with Gasteiger partial charge in [0.2, 0.25) is 5.95 Å². The lowest BCUT2D eigenvalue weighted by atomic mass is 10.6. The van der Waals surface area contributed by atoms with Crippen molar-refractivity contribution in [1.82, 2.24) is 29.5 Å². The van der Waals surface area contributed by atoms with E-state index >= 15 is 0 Å². The summed E-state index contributed by atoms with van der Waals surface area (Å²) >= 11 is 0. The molecule has 0 aliphatic carbocycles. The molecular formula is C6H9N7. The molecule has 7 nitrogen and oxygen atoms in total. The van der Waals surface area contributed by atoms with Gasteiger partial charge in [-0.1, -0.05) is 0 Å². The van der Waals surface area contributed by atoms with Gasteiger partial charge in [-0.15, -0.1) is 5.10 Å². The van der Waals surface area contributed by atoms with Crippen LogP contribution in [-0.4, -0.2) is 29.5 Å². The van der Waals surface area contributed by atoms with E-state index in [4.69, 9.17) is 5.73 Å². The van der Waals surface area contributed by atoms with Crippen molar-refractivity contribution in [3.8, 4) is 0 Å². The lowest BCUT2D eigenvalue weighted by molar-refractivity contribution is 0.608. The first-order valence-corrected chi connectivity index (χ1v) is 3.73. The molecule has 68 valence electrons. The molecule has 0 amide bonds. The Morgan fingerprint density at radius 2 is 2.31 bits per heavy atom. The van der Waals surface area contributed by atoms with Crippen molar-refractivity contribution in [2.75, 3.05) is 5.73 Å². The van der Waals surface area contributed by atoms with E-state index in [9.17, 15) is 0 Å². The highest BCUT2D eigenvalue weighted by Gasteiger charge is 2.02. The molecule has 7 heteroatoms. The van der Waals surface area contributed by atoms with Crippen LogP contribution in [-0.2, 0) is 13.6 Å². The van der Waals surface area contributed by atoms with E-state index < -0.39 is 0 Å². The Morgan fingerprint density at radius 1 is 1.46 bits per heavy atom. The number of aromatic nitrogens is 6. The first kappa shape index (κ1) is 7.71. The van der Waals surface area contributed by atoms with Gasteiger partial charge < -0.3 is 5.73 Å². The summed E-state index contributed by atoms with van der Waals surface area (Å²) in [6.45, 7) is 0.528. The minimum absolute atomic E-state index is 0.266. The van der Waals surface area contributed by atoms with Crippen molar-refractivity contribution in [3.63, 3.8) is 0 Å². The van der Waals surface area contributed by atoms with Crippen molar-refractivity contribution in [3.05, 3.63) is 18.5 Å². The molecule has 0 unspecified atom stereocenters. The molecule has 0 aliphatic heterocycles.